The van der Waals surface area contributed by atoms with Gasteiger partial charge in [-0.1, -0.05) is 0 Å². The molecule has 1 aromatic heterocycles. The fourth-order valence-corrected chi connectivity index (χ4v) is 2.81. The highest BCUT2D eigenvalue weighted by atomic mass is 16.2. The summed E-state index contributed by atoms with van der Waals surface area (Å²) in [6.45, 7) is 6.02. The smallest absolute Gasteiger partial charge is 0.271 e. The molecule has 0 bridgehead atoms. The van der Waals surface area contributed by atoms with Crippen molar-refractivity contribution in [3.05, 3.63) is 24.3 Å². The predicted octanol–water partition coefficient (Wildman–Crippen LogP) is 0.148. The molecule has 1 aliphatic heterocycles. The van der Waals surface area contributed by atoms with Crippen molar-refractivity contribution in [1.82, 2.24) is 25.1 Å². The first-order valence-electron chi connectivity index (χ1n) is 7.62. The van der Waals surface area contributed by atoms with Crippen LogP contribution in [0.25, 0.3) is 0 Å². The first-order chi connectivity index (χ1) is 10.6. The van der Waals surface area contributed by atoms with Gasteiger partial charge in [-0.05, 0) is 27.3 Å². The summed E-state index contributed by atoms with van der Waals surface area (Å²) in [5, 5.41) is 2.93. The molecule has 120 valence electrons. The minimum atomic E-state index is -0.248. The number of likely N-dealkylation sites (tertiary alicyclic amines) is 1. The number of nitrogens with zero attached hydrogens (tertiary/aromatic N) is 4. The molecule has 2 atom stereocenters. The molecule has 0 unspecified atom stereocenters. The third-order valence-electron chi connectivity index (χ3n) is 4.04. The van der Waals surface area contributed by atoms with Gasteiger partial charge in [0.1, 0.15) is 5.69 Å². The Labute approximate surface area is 130 Å². The standard InChI is InChI=1S/C15H23N5O2/c1-4-20(5-2)15(22)13-8-11(10-19(13)3)18-14(21)12-9-16-6-7-17-12/h6-7,9,11,13H,4-5,8,10H2,1-3H3,(H,18,21)/t11-,13-/m0/s1. The number of likely N-dealkylation sites (N-methyl/N-ethyl adjacent to an activating group) is 2. The zero-order valence-corrected chi connectivity index (χ0v) is 13.3. The highest BCUT2D eigenvalue weighted by molar-refractivity contribution is 5.92. The number of hydrogen-bond donors (Lipinski definition) is 1. The highest BCUT2D eigenvalue weighted by Crippen LogP contribution is 2.18. The van der Waals surface area contributed by atoms with Gasteiger partial charge in [0, 0.05) is 38.1 Å². The lowest BCUT2D eigenvalue weighted by Gasteiger charge is -2.26. The molecule has 0 radical (unpaired) electrons. The first kappa shape index (κ1) is 16.4. The van der Waals surface area contributed by atoms with Crippen LogP contribution in [0, 0.1) is 0 Å². The molecule has 0 saturated carbocycles. The van der Waals surface area contributed by atoms with E-state index in [9.17, 15) is 9.59 Å². The molecule has 1 aliphatic rings. The van der Waals surface area contributed by atoms with Gasteiger partial charge in [-0.2, -0.15) is 0 Å². The molecule has 0 aliphatic carbocycles. The number of amides is 2. The summed E-state index contributed by atoms with van der Waals surface area (Å²) in [4.78, 5) is 36.3. The number of carbonyl (C=O) groups excluding carboxylic acids is 2. The summed E-state index contributed by atoms with van der Waals surface area (Å²) < 4.78 is 0. The molecule has 1 N–H and O–H groups in total. The molecule has 1 fully saturated rings. The Kier molecular flexibility index (Phi) is 5.43. The lowest BCUT2D eigenvalue weighted by molar-refractivity contribution is -0.135. The summed E-state index contributed by atoms with van der Waals surface area (Å²) in [6, 6.07) is -0.226. The average Bonchev–Trinajstić information content (AvgIpc) is 2.89. The number of carbonyl (C=O) groups is 2. The van der Waals surface area contributed by atoms with Crippen molar-refractivity contribution in [3.8, 4) is 0 Å². The van der Waals surface area contributed by atoms with Crippen molar-refractivity contribution in [2.24, 2.45) is 0 Å². The Balaban J connectivity index is 1.96. The summed E-state index contributed by atoms with van der Waals surface area (Å²) in [7, 11) is 1.92. The molecule has 2 amide bonds. The van der Waals surface area contributed by atoms with E-state index in [2.05, 4.69) is 15.3 Å². The highest BCUT2D eigenvalue weighted by Gasteiger charge is 2.36. The summed E-state index contributed by atoms with van der Waals surface area (Å²) in [6.07, 6.45) is 5.08. The van der Waals surface area contributed by atoms with Gasteiger partial charge >= 0.3 is 0 Å². The molecule has 0 spiro atoms. The predicted molar refractivity (Wildman–Crippen MR) is 82.2 cm³/mol. The van der Waals surface area contributed by atoms with Gasteiger partial charge in [0.2, 0.25) is 5.91 Å². The van der Waals surface area contributed by atoms with E-state index in [0.717, 1.165) is 0 Å². The van der Waals surface area contributed by atoms with Crippen molar-refractivity contribution in [1.29, 1.82) is 0 Å². The van der Waals surface area contributed by atoms with Gasteiger partial charge in [0.15, 0.2) is 0 Å². The largest absolute Gasteiger partial charge is 0.347 e. The Morgan fingerprint density at radius 2 is 2.09 bits per heavy atom. The Bertz CT molecular complexity index is 518. The summed E-state index contributed by atoms with van der Waals surface area (Å²) >= 11 is 0. The quantitative estimate of drug-likeness (QED) is 0.837. The molecule has 1 saturated heterocycles. The second kappa shape index (κ2) is 7.31. The molecule has 7 heteroatoms. The second-order valence-corrected chi connectivity index (χ2v) is 5.46. The van der Waals surface area contributed by atoms with Crippen molar-refractivity contribution >= 4 is 11.8 Å². The van der Waals surface area contributed by atoms with E-state index in [4.69, 9.17) is 0 Å². The van der Waals surface area contributed by atoms with E-state index in [1.165, 1.54) is 18.6 Å². The van der Waals surface area contributed by atoms with Crippen LogP contribution in [0.3, 0.4) is 0 Å². The van der Waals surface area contributed by atoms with Crippen molar-refractivity contribution in [3.63, 3.8) is 0 Å². The third kappa shape index (κ3) is 3.59. The van der Waals surface area contributed by atoms with E-state index in [0.29, 0.717) is 31.7 Å². The number of aromatic nitrogens is 2. The Hall–Kier alpha value is -2.02. The molecule has 0 aromatic carbocycles. The van der Waals surface area contributed by atoms with Gasteiger partial charge in [0.25, 0.3) is 5.91 Å². The van der Waals surface area contributed by atoms with Gasteiger partial charge < -0.3 is 10.2 Å². The van der Waals surface area contributed by atoms with Gasteiger partial charge in [0.05, 0.1) is 12.2 Å². The van der Waals surface area contributed by atoms with Crippen LogP contribution in [0.5, 0.6) is 0 Å². The van der Waals surface area contributed by atoms with Crippen LogP contribution in [0.4, 0.5) is 0 Å². The molecular weight excluding hydrogens is 282 g/mol. The minimum absolute atomic E-state index is 0.0518. The average molecular weight is 305 g/mol. The van der Waals surface area contributed by atoms with Crippen LogP contribution in [-0.2, 0) is 4.79 Å². The van der Waals surface area contributed by atoms with E-state index >= 15 is 0 Å². The zero-order valence-electron chi connectivity index (χ0n) is 13.3. The summed E-state index contributed by atoms with van der Waals surface area (Å²) in [5.74, 6) is -0.119. The fourth-order valence-electron chi connectivity index (χ4n) is 2.81. The van der Waals surface area contributed by atoms with Gasteiger partial charge in [-0.25, -0.2) is 4.98 Å². The lowest BCUT2D eigenvalue weighted by Crippen LogP contribution is -2.44. The molecule has 2 heterocycles. The molecule has 1 aromatic rings. The number of rotatable bonds is 5. The van der Waals surface area contributed by atoms with Crippen molar-refractivity contribution in [2.45, 2.75) is 32.4 Å². The fraction of sp³-hybridized carbons (Fsp3) is 0.600. The van der Waals surface area contributed by atoms with E-state index < -0.39 is 0 Å². The zero-order chi connectivity index (χ0) is 16.1. The minimum Gasteiger partial charge on any atom is -0.347 e. The maximum atomic E-state index is 12.5. The van der Waals surface area contributed by atoms with Crippen LogP contribution < -0.4 is 5.32 Å². The van der Waals surface area contributed by atoms with E-state index in [1.807, 2.05) is 30.7 Å². The topological polar surface area (TPSA) is 78.4 Å². The van der Waals surface area contributed by atoms with Crippen molar-refractivity contribution in [2.75, 3.05) is 26.7 Å². The maximum absolute atomic E-state index is 12.5. The molecule has 22 heavy (non-hydrogen) atoms. The van der Waals surface area contributed by atoms with Crippen LogP contribution in [-0.4, -0.2) is 70.3 Å². The Morgan fingerprint density at radius 3 is 2.68 bits per heavy atom. The van der Waals surface area contributed by atoms with Crippen molar-refractivity contribution < 1.29 is 9.59 Å². The number of hydrogen-bond acceptors (Lipinski definition) is 5. The van der Waals surface area contributed by atoms with Crippen LogP contribution in [0.2, 0.25) is 0 Å². The maximum Gasteiger partial charge on any atom is 0.271 e. The summed E-state index contributed by atoms with van der Waals surface area (Å²) in [5.41, 5.74) is 0.295. The SMILES string of the molecule is CCN(CC)C(=O)[C@@H]1C[C@H](NC(=O)c2cnccn2)CN1C. The van der Waals surface area contributed by atoms with E-state index in [-0.39, 0.29) is 23.9 Å². The van der Waals surface area contributed by atoms with Gasteiger partial charge in [-0.3, -0.25) is 19.5 Å². The number of nitrogens with one attached hydrogen (secondary N) is 1. The third-order valence-corrected chi connectivity index (χ3v) is 4.04. The lowest BCUT2D eigenvalue weighted by atomic mass is 10.1. The molecular formula is C15H23N5O2. The van der Waals surface area contributed by atoms with E-state index in [1.54, 1.807) is 0 Å². The normalized spacial score (nSPS) is 21.6. The van der Waals surface area contributed by atoms with Crippen LogP contribution >= 0.6 is 0 Å². The Morgan fingerprint density at radius 1 is 1.36 bits per heavy atom. The van der Waals surface area contributed by atoms with Gasteiger partial charge in [-0.15, -0.1) is 0 Å². The van der Waals surface area contributed by atoms with Crippen LogP contribution in [0.1, 0.15) is 30.8 Å². The molecule has 7 nitrogen and oxygen atoms in total. The first-order valence-corrected chi connectivity index (χ1v) is 7.62. The van der Waals surface area contributed by atoms with Crippen LogP contribution in [0.15, 0.2) is 18.6 Å². The monoisotopic (exact) mass is 305 g/mol. The second-order valence-electron chi connectivity index (χ2n) is 5.46. The molecule has 2 rings (SSSR count).